The van der Waals surface area contributed by atoms with Gasteiger partial charge in [-0.2, -0.15) is 0 Å². The monoisotopic (exact) mass is 389 g/mol. The van der Waals surface area contributed by atoms with Crippen LogP contribution in [0.15, 0.2) is 79.4 Å². The molecule has 0 atom stereocenters. The van der Waals surface area contributed by atoms with Crippen molar-refractivity contribution in [2.75, 3.05) is 0 Å². The van der Waals surface area contributed by atoms with Crippen LogP contribution in [-0.4, -0.2) is 14.5 Å². The number of hydrogen-bond acceptors (Lipinski definition) is 2. The zero-order valence-corrected chi connectivity index (χ0v) is 16.5. The normalized spacial score (nSPS) is 10.9. The fourth-order valence-electron chi connectivity index (χ4n) is 3.48. The van der Waals surface area contributed by atoms with Crippen LogP contribution < -0.4 is 4.57 Å². The summed E-state index contributed by atoms with van der Waals surface area (Å²) in [6, 6.07) is 21.0. The lowest BCUT2D eigenvalue weighted by Crippen LogP contribution is -2.32. The van der Waals surface area contributed by atoms with E-state index in [2.05, 4.69) is 87.0 Å². The van der Waals surface area contributed by atoms with E-state index in [9.17, 15) is 0 Å². The molecule has 0 aliphatic rings. The first-order chi connectivity index (χ1) is 13.8. The van der Waals surface area contributed by atoms with Crippen LogP contribution >= 0.6 is 11.6 Å². The first-order valence-corrected chi connectivity index (χ1v) is 9.85. The number of nitrogens with zero attached hydrogens (tertiary/aromatic N) is 4. The number of aromatic nitrogens is 4. The van der Waals surface area contributed by atoms with Crippen molar-refractivity contribution >= 4 is 28.3 Å². The number of hydrogen-bond donors (Lipinski definition) is 0. The molecule has 2 heterocycles. The Labute approximate surface area is 169 Å². The van der Waals surface area contributed by atoms with Gasteiger partial charge in [-0.25, -0.2) is 9.55 Å². The molecule has 0 N–H and O–H groups in total. The Morgan fingerprint density at radius 2 is 1.64 bits per heavy atom. The van der Waals surface area contributed by atoms with Gasteiger partial charge in [0.2, 0.25) is 5.52 Å². The molecule has 0 fully saturated rings. The highest BCUT2D eigenvalue weighted by Crippen LogP contribution is 2.24. The van der Waals surface area contributed by atoms with Crippen LogP contribution in [-0.2, 0) is 13.1 Å². The SMILES string of the molecule is CCn1c[n+](CCC=C(c2ccccc2)c2ccccc2)c2ncnc(Cl)c21. The van der Waals surface area contributed by atoms with Crippen molar-refractivity contribution in [2.45, 2.75) is 26.4 Å². The lowest BCUT2D eigenvalue weighted by Gasteiger charge is -2.08. The predicted molar refractivity (Wildman–Crippen MR) is 113 cm³/mol. The number of halogens is 1. The van der Waals surface area contributed by atoms with Gasteiger partial charge in [-0.05, 0) is 30.0 Å². The number of aryl methyl sites for hydroxylation is 2. The van der Waals surface area contributed by atoms with Crippen LogP contribution in [0.5, 0.6) is 0 Å². The van der Waals surface area contributed by atoms with Gasteiger partial charge in [0.1, 0.15) is 0 Å². The van der Waals surface area contributed by atoms with E-state index >= 15 is 0 Å². The maximum atomic E-state index is 6.30. The summed E-state index contributed by atoms with van der Waals surface area (Å²) >= 11 is 6.30. The lowest BCUT2D eigenvalue weighted by molar-refractivity contribution is -0.673. The zero-order chi connectivity index (χ0) is 19.3. The Morgan fingerprint density at radius 3 is 2.25 bits per heavy atom. The van der Waals surface area contributed by atoms with E-state index in [1.54, 1.807) is 0 Å². The van der Waals surface area contributed by atoms with Gasteiger partial charge in [-0.15, -0.1) is 0 Å². The Balaban J connectivity index is 1.66. The van der Waals surface area contributed by atoms with E-state index in [0.29, 0.717) is 5.15 Å². The molecule has 0 aliphatic heterocycles. The fourth-order valence-corrected chi connectivity index (χ4v) is 3.71. The summed E-state index contributed by atoms with van der Waals surface area (Å²) in [5, 5.41) is 0.496. The fraction of sp³-hybridized carbons (Fsp3) is 0.174. The van der Waals surface area contributed by atoms with Crippen molar-refractivity contribution < 1.29 is 4.57 Å². The summed E-state index contributed by atoms with van der Waals surface area (Å²) in [4.78, 5) is 8.58. The van der Waals surface area contributed by atoms with E-state index in [1.165, 1.54) is 23.0 Å². The molecule has 0 unspecified atom stereocenters. The van der Waals surface area contributed by atoms with E-state index in [-0.39, 0.29) is 0 Å². The molecular formula is C23H22ClN4+. The third-order valence-electron chi connectivity index (χ3n) is 4.83. The minimum atomic E-state index is 0.496. The largest absolute Gasteiger partial charge is 0.306 e. The van der Waals surface area contributed by atoms with Gasteiger partial charge in [0.05, 0.1) is 13.1 Å². The van der Waals surface area contributed by atoms with Gasteiger partial charge in [-0.3, -0.25) is 4.57 Å². The van der Waals surface area contributed by atoms with Crippen molar-refractivity contribution in [3.8, 4) is 0 Å². The van der Waals surface area contributed by atoms with Crippen LogP contribution in [0.4, 0.5) is 0 Å². The summed E-state index contributed by atoms with van der Waals surface area (Å²) < 4.78 is 4.24. The van der Waals surface area contributed by atoms with Gasteiger partial charge >= 0.3 is 5.65 Å². The predicted octanol–water partition coefficient (Wildman–Crippen LogP) is 4.91. The molecule has 5 heteroatoms. The standard InChI is InChI=1S/C23H22ClN4/c1-2-27-17-28(23-21(27)22(24)25-16-26-23)15-9-14-20(18-10-5-3-6-11-18)19-12-7-4-8-13-19/h3-8,10-14,16-17H,2,9,15H2,1H3/q+1. The van der Waals surface area contributed by atoms with Gasteiger partial charge in [0, 0.05) is 0 Å². The van der Waals surface area contributed by atoms with Crippen LogP contribution in [0, 0.1) is 0 Å². The van der Waals surface area contributed by atoms with Gasteiger partial charge in [0.15, 0.2) is 17.8 Å². The molecule has 0 aliphatic carbocycles. The van der Waals surface area contributed by atoms with E-state index in [4.69, 9.17) is 11.6 Å². The maximum Gasteiger partial charge on any atom is 0.306 e. The number of allylic oxidation sites excluding steroid dienone is 1. The van der Waals surface area contributed by atoms with Crippen molar-refractivity contribution in [2.24, 2.45) is 0 Å². The molecule has 4 aromatic rings. The second-order valence-electron chi connectivity index (χ2n) is 6.57. The Hall–Kier alpha value is -2.98. The summed E-state index contributed by atoms with van der Waals surface area (Å²) in [5.41, 5.74) is 5.45. The number of imidazole rings is 1. The number of rotatable bonds is 6. The molecule has 0 radical (unpaired) electrons. The molecule has 0 bridgehead atoms. The summed E-state index contributed by atoms with van der Waals surface area (Å²) in [5.74, 6) is 0. The molecule has 4 rings (SSSR count). The van der Waals surface area contributed by atoms with E-state index < -0.39 is 0 Å². The quantitative estimate of drug-likeness (QED) is 0.346. The third-order valence-corrected chi connectivity index (χ3v) is 5.10. The average molecular weight is 390 g/mol. The molecule has 2 aromatic heterocycles. The average Bonchev–Trinajstić information content (AvgIpc) is 3.12. The molecule has 0 spiro atoms. The van der Waals surface area contributed by atoms with Crippen molar-refractivity contribution in [1.82, 2.24) is 14.5 Å². The highest BCUT2D eigenvalue weighted by molar-refractivity contribution is 6.33. The Morgan fingerprint density at radius 1 is 1.00 bits per heavy atom. The summed E-state index contributed by atoms with van der Waals surface area (Å²) in [7, 11) is 0. The number of fused-ring (bicyclic) bond motifs is 1. The minimum absolute atomic E-state index is 0.496. The second-order valence-corrected chi connectivity index (χ2v) is 6.93. The zero-order valence-electron chi connectivity index (χ0n) is 15.8. The highest BCUT2D eigenvalue weighted by atomic mass is 35.5. The highest BCUT2D eigenvalue weighted by Gasteiger charge is 2.19. The van der Waals surface area contributed by atoms with E-state index in [0.717, 1.165) is 30.7 Å². The molecule has 28 heavy (non-hydrogen) atoms. The molecule has 2 aromatic carbocycles. The Kier molecular flexibility index (Phi) is 5.49. The molecule has 0 saturated carbocycles. The van der Waals surface area contributed by atoms with Crippen LogP contribution in [0.3, 0.4) is 0 Å². The third kappa shape index (κ3) is 3.69. The lowest BCUT2D eigenvalue weighted by atomic mass is 9.97. The topological polar surface area (TPSA) is 34.6 Å². The minimum Gasteiger partial charge on any atom is -0.258 e. The van der Waals surface area contributed by atoms with Gasteiger partial charge in [0.25, 0.3) is 0 Å². The van der Waals surface area contributed by atoms with Gasteiger partial charge < -0.3 is 0 Å². The number of benzene rings is 2. The molecule has 140 valence electrons. The van der Waals surface area contributed by atoms with Gasteiger partial charge in [-0.1, -0.05) is 83.3 Å². The maximum absolute atomic E-state index is 6.30. The first-order valence-electron chi connectivity index (χ1n) is 9.47. The van der Waals surface area contributed by atoms with Crippen molar-refractivity contribution in [1.29, 1.82) is 0 Å². The van der Waals surface area contributed by atoms with E-state index in [1.807, 2.05) is 12.1 Å². The van der Waals surface area contributed by atoms with Crippen LogP contribution in [0.1, 0.15) is 24.5 Å². The first kappa shape index (κ1) is 18.4. The van der Waals surface area contributed by atoms with Crippen LogP contribution in [0.2, 0.25) is 5.15 Å². The molecular weight excluding hydrogens is 368 g/mol. The van der Waals surface area contributed by atoms with Crippen molar-refractivity contribution in [3.05, 3.63) is 95.7 Å². The summed E-state index contributed by atoms with van der Waals surface area (Å²) in [6.45, 7) is 3.74. The smallest absolute Gasteiger partial charge is 0.258 e. The molecule has 4 nitrogen and oxygen atoms in total. The summed E-state index contributed by atoms with van der Waals surface area (Å²) in [6.07, 6.45) is 6.78. The molecule has 0 amide bonds. The Bertz CT molecular complexity index is 1060. The molecule has 0 saturated heterocycles. The van der Waals surface area contributed by atoms with Crippen molar-refractivity contribution in [3.63, 3.8) is 0 Å². The second kappa shape index (κ2) is 8.36. The van der Waals surface area contributed by atoms with Crippen LogP contribution in [0.25, 0.3) is 16.7 Å².